The SMILES string of the molecule is c1ccc(-c2ccc(N(c3ccc4c(ccc5ccc6c7cccnc7oc6c54)c3)c3ccc4c(c3)oc3ccccc34)cc2)cc1. The van der Waals surface area contributed by atoms with Crippen molar-refractivity contribution in [2.45, 2.75) is 0 Å². The van der Waals surface area contributed by atoms with Gasteiger partial charge in [0.2, 0.25) is 5.71 Å². The number of anilines is 3. The monoisotopic (exact) mass is 602 g/mol. The molecule has 0 spiro atoms. The standard InChI is InChI=1S/C43H26N2O2/c1-2-7-27(8-3-1)28-14-17-31(18-15-28)45(33-20-23-36-35-9-4-5-11-39(35)46-40(36)26-33)32-19-22-34-30(25-32)13-12-29-16-21-37-38-10-6-24-44-43(38)47-42(37)41(29)34/h1-26H. The Morgan fingerprint density at radius 1 is 0.426 bits per heavy atom. The highest BCUT2D eigenvalue weighted by molar-refractivity contribution is 6.23. The first kappa shape index (κ1) is 25.9. The molecule has 0 saturated heterocycles. The number of hydrogen-bond donors (Lipinski definition) is 0. The van der Waals surface area contributed by atoms with Crippen LogP contribution >= 0.6 is 0 Å². The van der Waals surface area contributed by atoms with Crippen molar-refractivity contribution in [3.63, 3.8) is 0 Å². The minimum absolute atomic E-state index is 0.662. The van der Waals surface area contributed by atoms with Crippen LogP contribution in [0.2, 0.25) is 0 Å². The Morgan fingerprint density at radius 3 is 1.98 bits per heavy atom. The number of furan rings is 2. The fourth-order valence-electron chi connectivity index (χ4n) is 7.08. The van der Waals surface area contributed by atoms with Crippen LogP contribution in [0.1, 0.15) is 0 Å². The molecular formula is C43H26N2O2. The lowest BCUT2D eigenvalue weighted by molar-refractivity contribution is 0.658. The van der Waals surface area contributed by atoms with Gasteiger partial charge in [-0.2, -0.15) is 0 Å². The van der Waals surface area contributed by atoms with Crippen LogP contribution in [0.5, 0.6) is 0 Å². The molecule has 0 fully saturated rings. The van der Waals surface area contributed by atoms with Crippen LogP contribution in [0.25, 0.3) is 76.7 Å². The number of pyridine rings is 1. The summed E-state index contributed by atoms with van der Waals surface area (Å²) in [5.74, 6) is 0. The lowest BCUT2D eigenvalue weighted by atomic mass is 9.98. The Morgan fingerprint density at radius 2 is 1.09 bits per heavy atom. The first-order valence-corrected chi connectivity index (χ1v) is 15.8. The van der Waals surface area contributed by atoms with E-state index < -0.39 is 0 Å². The van der Waals surface area contributed by atoms with Crippen LogP contribution in [-0.4, -0.2) is 4.98 Å². The van der Waals surface area contributed by atoms with Crippen molar-refractivity contribution in [1.29, 1.82) is 0 Å². The van der Waals surface area contributed by atoms with E-state index in [-0.39, 0.29) is 0 Å². The summed E-state index contributed by atoms with van der Waals surface area (Å²) in [5.41, 5.74) is 8.80. The van der Waals surface area contributed by atoms with Crippen LogP contribution in [0.15, 0.2) is 167 Å². The fourth-order valence-corrected chi connectivity index (χ4v) is 7.08. The van der Waals surface area contributed by atoms with Gasteiger partial charge in [0.05, 0.1) is 0 Å². The van der Waals surface area contributed by atoms with Crippen molar-refractivity contribution in [3.05, 3.63) is 158 Å². The molecule has 4 heteroatoms. The summed E-state index contributed by atoms with van der Waals surface area (Å²) < 4.78 is 12.7. The van der Waals surface area contributed by atoms with Gasteiger partial charge in [-0.05, 0) is 87.9 Å². The van der Waals surface area contributed by atoms with Gasteiger partial charge in [-0.3, -0.25) is 0 Å². The smallest absolute Gasteiger partial charge is 0.227 e. The Hall–Kier alpha value is -6.39. The third-order valence-electron chi connectivity index (χ3n) is 9.31. The molecule has 0 aliphatic rings. The van der Waals surface area contributed by atoms with Crippen LogP contribution in [0.4, 0.5) is 17.1 Å². The molecule has 0 amide bonds. The van der Waals surface area contributed by atoms with Crippen LogP contribution in [0.3, 0.4) is 0 Å². The molecule has 4 nitrogen and oxygen atoms in total. The lowest BCUT2D eigenvalue weighted by Crippen LogP contribution is -2.09. The van der Waals surface area contributed by atoms with E-state index in [4.69, 9.17) is 8.83 Å². The van der Waals surface area contributed by atoms with Crippen molar-refractivity contribution in [2.75, 3.05) is 4.90 Å². The molecule has 0 atom stereocenters. The average molecular weight is 603 g/mol. The fraction of sp³-hybridized carbons (Fsp3) is 0. The van der Waals surface area contributed by atoms with E-state index in [9.17, 15) is 0 Å². The lowest BCUT2D eigenvalue weighted by Gasteiger charge is -2.26. The van der Waals surface area contributed by atoms with Gasteiger partial charge >= 0.3 is 0 Å². The van der Waals surface area contributed by atoms with Gasteiger partial charge in [-0.25, -0.2) is 4.98 Å². The number of rotatable bonds is 4. The van der Waals surface area contributed by atoms with Crippen molar-refractivity contribution in [2.24, 2.45) is 0 Å². The topological polar surface area (TPSA) is 42.4 Å². The summed E-state index contributed by atoms with van der Waals surface area (Å²) in [4.78, 5) is 6.79. The van der Waals surface area contributed by atoms with E-state index in [2.05, 4.69) is 137 Å². The van der Waals surface area contributed by atoms with Crippen LogP contribution < -0.4 is 4.90 Å². The first-order chi connectivity index (χ1) is 23.3. The molecule has 10 aromatic rings. The van der Waals surface area contributed by atoms with E-state index in [1.54, 1.807) is 6.20 Å². The summed E-state index contributed by atoms with van der Waals surface area (Å²) >= 11 is 0. The largest absolute Gasteiger partial charge is 0.456 e. The molecule has 0 aliphatic carbocycles. The van der Waals surface area contributed by atoms with E-state index >= 15 is 0 Å². The van der Waals surface area contributed by atoms with E-state index in [1.807, 2.05) is 24.3 Å². The quantitative estimate of drug-likeness (QED) is 0.188. The summed E-state index contributed by atoms with van der Waals surface area (Å²) in [6, 6.07) is 53.4. The van der Waals surface area contributed by atoms with Gasteiger partial charge in [-0.1, -0.05) is 84.9 Å². The molecule has 3 aromatic heterocycles. The normalized spacial score (nSPS) is 11.8. The number of para-hydroxylation sites is 1. The maximum atomic E-state index is 6.37. The van der Waals surface area contributed by atoms with Crippen LogP contribution in [0, 0.1) is 0 Å². The summed E-state index contributed by atoms with van der Waals surface area (Å²) in [6.45, 7) is 0. The molecule has 3 heterocycles. The molecule has 0 saturated carbocycles. The highest BCUT2D eigenvalue weighted by atomic mass is 16.3. The predicted octanol–water partition coefficient (Wildman–Crippen LogP) is 12.3. The highest BCUT2D eigenvalue weighted by Crippen LogP contribution is 2.42. The Kier molecular flexibility index (Phi) is 5.54. The van der Waals surface area contributed by atoms with Crippen molar-refractivity contribution < 1.29 is 8.83 Å². The van der Waals surface area contributed by atoms with Gasteiger partial charge in [0.25, 0.3) is 0 Å². The first-order valence-electron chi connectivity index (χ1n) is 15.8. The number of nitrogens with zero attached hydrogens (tertiary/aromatic N) is 2. The van der Waals surface area contributed by atoms with Gasteiger partial charge in [-0.15, -0.1) is 0 Å². The summed E-state index contributed by atoms with van der Waals surface area (Å²) in [6.07, 6.45) is 1.78. The molecule has 0 bridgehead atoms. The molecule has 220 valence electrons. The molecule has 7 aromatic carbocycles. The zero-order valence-electron chi connectivity index (χ0n) is 25.2. The number of fused-ring (bicyclic) bond motifs is 10. The van der Waals surface area contributed by atoms with Crippen LogP contribution in [-0.2, 0) is 0 Å². The van der Waals surface area contributed by atoms with Crippen molar-refractivity contribution in [1.82, 2.24) is 4.98 Å². The molecule has 0 N–H and O–H groups in total. The highest BCUT2D eigenvalue weighted by Gasteiger charge is 2.18. The number of benzene rings is 7. The second-order valence-electron chi connectivity index (χ2n) is 12.0. The van der Waals surface area contributed by atoms with E-state index in [0.29, 0.717) is 5.71 Å². The molecule has 0 unspecified atom stereocenters. The van der Waals surface area contributed by atoms with E-state index in [0.717, 1.165) is 76.9 Å². The molecular weight excluding hydrogens is 576 g/mol. The zero-order chi connectivity index (χ0) is 30.9. The maximum Gasteiger partial charge on any atom is 0.227 e. The summed E-state index contributed by atoms with van der Waals surface area (Å²) in [7, 11) is 0. The van der Waals surface area contributed by atoms with E-state index in [1.165, 1.54) is 11.1 Å². The number of aromatic nitrogens is 1. The second-order valence-corrected chi connectivity index (χ2v) is 12.0. The maximum absolute atomic E-state index is 6.37. The molecule has 47 heavy (non-hydrogen) atoms. The average Bonchev–Trinajstić information content (AvgIpc) is 3.70. The Bertz CT molecular complexity index is 2790. The number of hydrogen-bond acceptors (Lipinski definition) is 4. The Labute approximate surface area is 269 Å². The third-order valence-corrected chi connectivity index (χ3v) is 9.31. The molecule has 0 radical (unpaired) electrons. The van der Waals surface area contributed by atoms with Gasteiger partial charge in [0.1, 0.15) is 16.7 Å². The molecule has 0 aliphatic heterocycles. The second kappa shape index (κ2) is 10.1. The van der Waals surface area contributed by atoms with Crippen molar-refractivity contribution in [3.8, 4) is 11.1 Å². The Balaban J connectivity index is 1.17. The van der Waals surface area contributed by atoms with Crippen molar-refractivity contribution >= 4 is 82.6 Å². The summed E-state index contributed by atoms with van der Waals surface area (Å²) in [5, 5.41) is 8.86. The minimum atomic E-state index is 0.662. The predicted molar refractivity (Wildman–Crippen MR) is 194 cm³/mol. The minimum Gasteiger partial charge on any atom is -0.456 e. The zero-order valence-corrected chi connectivity index (χ0v) is 25.2. The third kappa shape index (κ3) is 4.05. The van der Waals surface area contributed by atoms with Gasteiger partial charge < -0.3 is 13.7 Å². The van der Waals surface area contributed by atoms with Gasteiger partial charge in [0, 0.05) is 56.3 Å². The van der Waals surface area contributed by atoms with Gasteiger partial charge in [0.15, 0.2) is 0 Å². The molecule has 10 rings (SSSR count).